The molecule has 0 saturated heterocycles. The van der Waals surface area contributed by atoms with Gasteiger partial charge < -0.3 is 5.32 Å². The molecular formula is C8H3Cl3N2O. The number of fused-ring (bicyclic) bond motifs is 1. The molecule has 0 aromatic heterocycles. The van der Waals surface area contributed by atoms with Crippen molar-refractivity contribution in [2.45, 2.75) is 0 Å². The van der Waals surface area contributed by atoms with Crippen LogP contribution < -0.4 is 5.32 Å². The Balaban J connectivity index is 2.82. The predicted octanol–water partition coefficient (Wildman–Crippen LogP) is 2.72. The number of amidine groups is 1. The number of nitrogens with one attached hydrogen (secondary N) is 2. The lowest BCUT2D eigenvalue weighted by atomic mass is 10.1. The van der Waals surface area contributed by atoms with Gasteiger partial charge in [-0.2, -0.15) is 0 Å². The minimum absolute atomic E-state index is 0.00883. The second-order valence-electron chi connectivity index (χ2n) is 2.74. The van der Waals surface area contributed by atoms with Crippen LogP contribution in [0.15, 0.2) is 6.07 Å². The maximum absolute atomic E-state index is 11.3. The van der Waals surface area contributed by atoms with Gasteiger partial charge in [-0.15, -0.1) is 0 Å². The molecule has 0 aliphatic carbocycles. The van der Waals surface area contributed by atoms with Gasteiger partial charge in [0.2, 0.25) is 0 Å². The van der Waals surface area contributed by atoms with Crippen LogP contribution in [0.2, 0.25) is 15.1 Å². The Hall–Kier alpha value is -0.770. The summed E-state index contributed by atoms with van der Waals surface area (Å²) in [5.41, 5.74) is 0.598. The van der Waals surface area contributed by atoms with Crippen LogP contribution in [0.1, 0.15) is 15.9 Å². The van der Waals surface area contributed by atoms with Crippen LogP contribution in [0.5, 0.6) is 0 Å². The minimum atomic E-state index is -0.423. The Morgan fingerprint density at radius 2 is 1.86 bits per heavy atom. The van der Waals surface area contributed by atoms with Crippen LogP contribution in [-0.4, -0.2) is 11.7 Å². The molecule has 2 rings (SSSR count). The SMILES string of the molecule is N=C1NC(=O)c2c1cc(Cl)c(Cl)c2Cl. The van der Waals surface area contributed by atoms with Crippen LogP contribution in [0.3, 0.4) is 0 Å². The van der Waals surface area contributed by atoms with Crippen LogP contribution in [0.4, 0.5) is 0 Å². The third-order valence-electron chi connectivity index (χ3n) is 1.90. The third kappa shape index (κ3) is 1.21. The molecular weight excluding hydrogens is 246 g/mol. The average molecular weight is 249 g/mol. The van der Waals surface area contributed by atoms with E-state index in [-0.39, 0.29) is 26.5 Å². The number of carbonyl (C=O) groups is 1. The zero-order valence-corrected chi connectivity index (χ0v) is 8.89. The van der Waals surface area contributed by atoms with Crippen molar-refractivity contribution in [2.75, 3.05) is 0 Å². The fourth-order valence-electron chi connectivity index (χ4n) is 1.26. The molecule has 0 spiro atoms. The third-order valence-corrected chi connectivity index (χ3v) is 3.16. The highest BCUT2D eigenvalue weighted by Crippen LogP contribution is 2.36. The summed E-state index contributed by atoms with van der Waals surface area (Å²) in [6.45, 7) is 0. The Morgan fingerprint density at radius 3 is 2.50 bits per heavy atom. The number of amides is 1. The predicted molar refractivity (Wildman–Crippen MR) is 55.8 cm³/mol. The van der Waals surface area contributed by atoms with Gasteiger partial charge in [-0.3, -0.25) is 10.2 Å². The molecule has 1 heterocycles. The maximum Gasteiger partial charge on any atom is 0.259 e. The van der Waals surface area contributed by atoms with Gasteiger partial charge in [-0.1, -0.05) is 34.8 Å². The standard InChI is InChI=1S/C8H3Cl3N2O/c9-3-1-2-4(6(11)5(3)10)8(14)13-7(2)12/h1H,(H2,12,13,14). The molecule has 1 aliphatic rings. The Labute approximate surface area is 94.5 Å². The molecule has 3 nitrogen and oxygen atoms in total. The van der Waals surface area contributed by atoms with Crippen molar-refractivity contribution in [3.8, 4) is 0 Å². The topological polar surface area (TPSA) is 53.0 Å². The van der Waals surface area contributed by atoms with E-state index >= 15 is 0 Å². The number of hydrogen-bond acceptors (Lipinski definition) is 2. The van der Waals surface area contributed by atoms with E-state index in [1.165, 1.54) is 6.07 Å². The smallest absolute Gasteiger partial charge is 0.259 e. The molecule has 1 amide bonds. The van der Waals surface area contributed by atoms with Gasteiger partial charge in [0, 0.05) is 5.56 Å². The van der Waals surface area contributed by atoms with E-state index in [1.54, 1.807) is 0 Å². The van der Waals surface area contributed by atoms with E-state index in [9.17, 15) is 4.79 Å². The van der Waals surface area contributed by atoms with Gasteiger partial charge in [0.1, 0.15) is 5.84 Å². The quantitative estimate of drug-likeness (QED) is 0.683. The number of rotatable bonds is 0. The number of hydrogen-bond donors (Lipinski definition) is 2. The number of benzene rings is 1. The van der Waals surface area contributed by atoms with Crippen LogP contribution in [0.25, 0.3) is 0 Å². The molecule has 2 N–H and O–H groups in total. The van der Waals surface area contributed by atoms with Gasteiger partial charge in [0.25, 0.3) is 5.91 Å². The van der Waals surface area contributed by atoms with Crippen LogP contribution >= 0.6 is 34.8 Å². The van der Waals surface area contributed by atoms with Crippen molar-refractivity contribution in [3.05, 3.63) is 32.3 Å². The molecule has 14 heavy (non-hydrogen) atoms. The molecule has 1 aromatic carbocycles. The Bertz CT molecular complexity index is 470. The highest BCUT2D eigenvalue weighted by molar-refractivity contribution is 6.50. The minimum Gasteiger partial charge on any atom is -0.306 e. The molecule has 0 radical (unpaired) electrons. The van der Waals surface area contributed by atoms with E-state index < -0.39 is 5.91 Å². The second kappa shape index (κ2) is 3.12. The lowest BCUT2D eigenvalue weighted by Gasteiger charge is -2.03. The van der Waals surface area contributed by atoms with Gasteiger partial charge >= 0.3 is 0 Å². The lowest BCUT2D eigenvalue weighted by molar-refractivity contribution is 0.0983. The van der Waals surface area contributed by atoms with Gasteiger partial charge in [0.05, 0.1) is 20.6 Å². The monoisotopic (exact) mass is 248 g/mol. The van der Waals surface area contributed by atoms with E-state index in [4.69, 9.17) is 40.2 Å². The zero-order valence-electron chi connectivity index (χ0n) is 6.62. The largest absolute Gasteiger partial charge is 0.306 e. The van der Waals surface area contributed by atoms with E-state index in [0.29, 0.717) is 5.56 Å². The summed E-state index contributed by atoms with van der Waals surface area (Å²) in [7, 11) is 0. The number of carbonyl (C=O) groups excluding carboxylic acids is 1. The first-order chi connectivity index (χ1) is 6.52. The molecule has 0 atom stereocenters. The fourth-order valence-corrected chi connectivity index (χ4v) is 1.95. The molecule has 0 saturated carbocycles. The summed E-state index contributed by atoms with van der Waals surface area (Å²) in [5.74, 6) is -0.431. The first kappa shape index (κ1) is 9.77. The first-order valence-electron chi connectivity index (χ1n) is 3.60. The Kier molecular flexibility index (Phi) is 2.18. The molecule has 1 aliphatic heterocycles. The van der Waals surface area contributed by atoms with Gasteiger partial charge in [0.15, 0.2) is 0 Å². The summed E-state index contributed by atoms with van der Waals surface area (Å²) < 4.78 is 0. The van der Waals surface area contributed by atoms with Crippen molar-refractivity contribution in [1.29, 1.82) is 5.41 Å². The maximum atomic E-state index is 11.3. The molecule has 0 bridgehead atoms. The van der Waals surface area contributed by atoms with Crippen molar-refractivity contribution in [1.82, 2.24) is 5.32 Å². The normalized spacial score (nSPS) is 14.2. The zero-order chi connectivity index (χ0) is 10.5. The molecule has 6 heteroatoms. The average Bonchev–Trinajstić information content (AvgIpc) is 2.38. The van der Waals surface area contributed by atoms with E-state index in [0.717, 1.165) is 0 Å². The van der Waals surface area contributed by atoms with Gasteiger partial charge in [-0.25, -0.2) is 0 Å². The number of halogens is 3. The van der Waals surface area contributed by atoms with Crippen LogP contribution in [-0.2, 0) is 0 Å². The summed E-state index contributed by atoms with van der Waals surface area (Å²) in [5, 5.41) is 10.2. The molecule has 0 unspecified atom stereocenters. The highest BCUT2D eigenvalue weighted by atomic mass is 35.5. The van der Waals surface area contributed by atoms with Crippen molar-refractivity contribution in [2.24, 2.45) is 0 Å². The van der Waals surface area contributed by atoms with E-state index in [1.807, 2.05) is 0 Å². The summed E-state index contributed by atoms with van der Waals surface area (Å²) >= 11 is 17.3. The second-order valence-corrected chi connectivity index (χ2v) is 3.90. The van der Waals surface area contributed by atoms with Crippen LogP contribution in [0, 0.1) is 5.41 Å². The molecule has 1 aromatic rings. The van der Waals surface area contributed by atoms with Crippen molar-refractivity contribution >= 4 is 46.5 Å². The Morgan fingerprint density at radius 1 is 1.21 bits per heavy atom. The van der Waals surface area contributed by atoms with Gasteiger partial charge in [-0.05, 0) is 6.07 Å². The highest BCUT2D eigenvalue weighted by Gasteiger charge is 2.29. The molecule has 0 fully saturated rings. The first-order valence-corrected chi connectivity index (χ1v) is 4.73. The lowest BCUT2D eigenvalue weighted by Crippen LogP contribution is -2.20. The van der Waals surface area contributed by atoms with Crippen molar-refractivity contribution in [3.63, 3.8) is 0 Å². The molecule has 72 valence electrons. The fraction of sp³-hybridized carbons (Fsp3) is 0. The summed E-state index contributed by atoms with van der Waals surface area (Å²) in [4.78, 5) is 11.3. The summed E-state index contributed by atoms with van der Waals surface area (Å²) in [6, 6.07) is 1.45. The van der Waals surface area contributed by atoms with Crippen molar-refractivity contribution < 1.29 is 4.79 Å². The van der Waals surface area contributed by atoms with E-state index in [2.05, 4.69) is 5.32 Å². The summed E-state index contributed by atoms with van der Waals surface area (Å²) in [6.07, 6.45) is 0.